The molecule has 0 aromatic rings. The Morgan fingerprint density at radius 1 is 0.618 bits per heavy atom. The van der Waals surface area contributed by atoms with Crippen LogP contribution in [-0.2, 0) is 28.8 Å². The number of carbonyl (C=O) groups excluding carboxylic acids is 1. The quantitative estimate of drug-likeness (QED) is 0.134. The average molecular weight is 491 g/mol. The van der Waals surface area contributed by atoms with Crippen LogP contribution >= 0.6 is 0 Å². The lowest BCUT2D eigenvalue weighted by molar-refractivity contribution is -0.146. The number of carboxylic acid groups (broad SMARTS) is 5. The summed E-state index contributed by atoms with van der Waals surface area (Å²) < 4.78 is 0. The van der Waals surface area contributed by atoms with Gasteiger partial charge in [0.2, 0.25) is 0 Å². The summed E-state index contributed by atoms with van der Waals surface area (Å²) >= 11 is 0. The molecule has 0 heterocycles. The second kappa shape index (κ2) is 15.7. The van der Waals surface area contributed by atoms with Gasteiger partial charge in [0.05, 0.1) is 26.2 Å². The van der Waals surface area contributed by atoms with E-state index in [9.17, 15) is 33.9 Å². The van der Waals surface area contributed by atoms with Crippen molar-refractivity contribution in [3.05, 3.63) is 0 Å². The highest BCUT2D eigenvalue weighted by atomic mass is 16.4. The maximum atomic E-state index is 12.0. The van der Waals surface area contributed by atoms with Crippen LogP contribution in [0.15, 0.2) is 0 Å². The van der Waals surface area contributed by atoms with Crippen LogP contribution in [0.25, 0.3) is 0 Å². The van der Waals surface area contributed by atoms with Crippen molar-refractivity contribution >= 4 is 35.6 Å². The normalized spacial score (nSPS) is 12.3. The molecule has 0 saturated carbocycles. The number of carbonyl (C=O) groups is 6. The third-order valence-corrected chi connectivity index (χ3v) is 4.88. The number of ketones is 1. The molecule has 0 radical (unpaired) electrons. The van der Waals surface area contributed by atoms with Crippen LogP contribution in [0.3, 0.4) is 0 Å². The molecule has 14 heteroatoms. The molecule has 34 heavy (non-hydrogen) atoms. The number of rotatable bonds is 20. The Morgan fingerprint density at radius 3 is 1.24 bits per heavy atom. The second-order valence-electron chi connectivity index (χ2n) is 8.05. The first-order valence-corrected chi connectivity index (χ1v) is 10.5. The van der Waals surface area contributed by atoms with Crippen LogP contribution in [0.4, 0.5) is 0 Å². The molecule has 5 N–H and O–H groups in total. The van der Waals surface area contributed by atoms with Gasteiger partial charge in [0.1, 0.15) is 11.8 Å². The summed E-state index contributed by atoms with van der Waals surface area (Å²) in [6.07, 6.45) is -0.130. The van der Waals surface area contributed by atoms with Crippen LogP contribution in [0, 0.1) is 5.92 Å². The number of Topliss-reactive ketones (excluding diaryl/α,β-unsaturated/α-hetero) is 1. The molecule has 14 nitrogen and oxygen atoms in total. The van der Waals surface area contributed by atoms with Gasteiger partial charge in [-0.25, -0.2) is 0 Å². The van der Waals surface area contributed by atoms with Gasteiger partial charge >= 0.3 is 29.8 Å². The molecule has 0 aliphatic rings. The van der Waals surface area contributed by atoms with E-state index in [2.05, 4.69) is 0 Å². The zero-order chi connectivity index (χ0) is 26.4. The smallest absolute Gasteiger partial charge is 0.320 e. The fourth-order valence-corrected chi connectivity index (χ4v) is 3.19. The molecule has 0 aliphatic heterocycles. The van der Waals surface area contributed by atoms with Gasteiger partial charge in [0, 0.05) is 38.5 Å². The Hall–Kier alpha value is -3.10. The van der Waals surface area contributed by atoms with E-state index in [0.29, 0.717) is 0 Å². The lowest BCUT2D eigenvalue weighted by Crippen LogP contribution is -2.50. The summed E-state index contributed by atoms with van der Waals surface area (Å²) in [6, 6.07) is -1.21. The lowest BCUT2D eigenvalue weighted by Gasteiger charge is -2.32. The zero-order valence-electron chi connectivity index (χ0n) is 19.3. The fraction of sp³-hybridized carbons (Fsp3) is 0.700. The molecule has 0 spiro atoms. The first kappa shape index (κ1) is 30.9. The van der Waals surface area contributed by atoms with Crippen LogP contribution in [0.5, 0.6) is 0 Å². The Balaban J connectivity index is 5.65. The van der Waals surface area contributed by atoms with Crippen molar-refractivity contribution < 1.29 is 54.3 Å². The molecule has 0 saturated heterocycles. The minimum atomic E-state index is -1.28. The van der Waals surface area contributed by atoms with E-state index in [-0.39, 0.29) is 50.7 Å². The van der Waals surface area contributed by atoms with E-state index >= 15 is 0 Å². The van der Waals surface area contributed by atoms with Crippen molar-refractivity contribution in [3.8, 4) is 0 Å². The number of nitrogens with zero attached hydrogens (tertiary/aromatic N) is 3. The van der Waals surface area contributed by atoms with Crippen molar-refractivity contribution in [2.75, 3.05) is 52.4 Å². The molecule has 1 atom stereocenters. The van der Waals surface area contributed by atoms with E-state index in [1.807, 2.05) is 0 Å². The van der Waals surface area contributed by atoms with Crippen LogP contribution in [0.1, 0.15) is 26.7 Å². The van der Waals surface area contributed by atoms with E-state index in [0.717, 1.165) is 9.80 Å². The van der Waals surface area contributed by atoms with Gasteiger partial charge in [0.15, 0.2) is 0 Å². The minimum absolute atomic E-state index is 0.0485. The molecule has 0 bridgehead atoms. The summed E-state index contributed by atoms with van der Waals surface area (Å²) in [6.45, 7) is 0.422. The molecule has 0 fully saturated rings. The van der Waals surface area contributed by atoms with Crippen molar-refractivity contribution in [3.63, 3.8) is 0 Å². The predicted octanol–water partition coefficient (Wildman–Crippen LogP) is -1.31. The average Bonchev–Trinajstić information content (AvgIpc) is 2.66. The molecule has 0 aromatic heterocycles. The highest BCUT2D eigenvalue weighted by Crippen LogP contribution is 2.12. The SMILES string of the molecule is CC(C)C(=O)CC[C@@H](C(=O)O)N(CCN(CC(=O)O)CC(=O)O)CCN(CC(=O)O)CC(=O)O. The van der Waals surface area contributed by atoms with Crippen molar-refractivity contribution in [1.82, 2.24) is 14.7 Å². The van der Waals surface area contributed by atoms with E-state index in [1.54, 1.807) is 13.8 Å². The van der Waals surface area contributed by atoms with Crippen LogP contribution in [0.2, 0.25) is 0 Å². The monoisotopic (exact) mass is 491 g/mol. The van der Waals surface area contributed by atoms with Gasteiger partial charge in [-0.2, -0.15) is 0 Å². The maximum Gasteiger partial charge on any atom is 0.320 e. The van der Waals surface area contributed by atoms with Crippen molar-refractivity contribution in [1.29, 1.82) is 0 Å². The number of aliphatic carboxylic acids is 5. The van der Waals surface area contributed by atoms with Gasteiger partial charge in [-0.15, -0.1) is 0 Å². The third-order valence-electron chi connectivity index (χ3n) is 4.88. The molecule has 0 amide bonds. The largest absolute Gasteiger partial charge is 0.480 e. The number of hydrogen-bond acceptors (Lipinski definition) is 9. The maximum absolute atomic E-state index is 12.0. The Bertz CT molecular complexity index is 669. The first-order valence-electron chi connectivity index (χ1n) is 10.5. The van der Waals surface area contributed by atoms with E-state index in [4.69, 9.17) is 20.4 Å². The standard InChI is InChI=1S/C20H33N3O11/c1-13(2)15(24)4-3-14(20(33)34)23(7-5-21(9-16(25)26)10-17(27)28)8-6-22(11-18(29)30)12-19(31)32/h13-14H,3-12H2,1-2H3,(H,25,26)(H,27,28)(H,29,30)(H,31,32)(H,33,34)/t14-/m0/s1. The molecule has 194 valence electrons. The Kier molecular flexibility index (Phi) is 14.3. The van der Waals surface area contributed by atoms with Gasteiger partial charge < -0.3 is 25.5 Å². The van der Waals surface area contributed by atoms with Crippen LogP contribution < -0.4 is 0 Å². The van der Waals surface area contributed by atoms with Crippen molar-refractivity contribution in [2.24, 2.45) is 5.92 Å². The summed E-state index contributed by atoms with van der Waals surface area (Å²) in [7, 11) is 0. The molecule has 0 unspecified atom stereocenters. The van der Waals surface area contributed by atoms with E-state index < -0.39 is 62.1 Å². The lowest BCUT2D eigenvalue weighted by atomic mass is 10.0. The predicted molar refractivity (Wildman–Crippen MR) is 115 cm³/mol. The van der Waals surface area contributed by atoms with E-state index in [1.165, 1.54) is 4.90 Å². The van der Waals surface area contributed by atoms with Crippen molar-refractivity contribution in [2.45, 2.75) is 32.7 Å². The topological polar surface area (TPSA) is 213 Å². The minimum Gasteiger partial charge on any atom is -0.480 e. The molecule has 0 aromatic carbocycles. The summed E-state index contributed by atoms with van der Waals surface area (Å²) in [5.74, 6) is -6.87. The highest BCUT2D eigenvalue weighted by molar-refractivity contribution is 5.81. The highest BCUT2D eigenvalue weighted by Gasteiger charge is 2.28. The van der Waals surface area contributed by atoms with Gasteiger partial charge in [-0.3, -0.25) is 43.5 Å². The molecular weight excluding hydrogens is 458 g/mol. The van der Waals surface area contributed by atoms with Gasteiger partial charge in [-0.1, -0.05) is 13.8 Å². The van der Waals surface area contributed by atoms with Gasteiger partial charge in [0.25, 0.3) is 0 Å². The summed E-state index contributed by atoms with van der Waals surface area (Å²) in [5, 5.41) is 45.8. The summed E-state index contributed by atoms with van der Waals surface area (Å²) in [5.41, 5.74) is 0. The summed E-state index contributed by atoms with van der Waals surface area (Å²) in [4.78, 5) is 71.7. The molecular formula is C20H33N3O11. The zero-order valence-corrected chi connectivity index (χ0v) is 19.3. The Labute approximate surface area is 196 Å². The number of hydrogen-bond donors (Lipinski definition) is 5. The Morgan fingerprint density at radius 2 is 0.971 bits per heavy atom. The van der Waals surface area contributed by atoms with Gasteiger partial charge in [-0.05, 0) is 6.42 Å². The molecule has 0 aliphatic carbocycles. The number of carboxylic acids is 5. The molecule has 0 rings (SSSR count). The fourth-order valence-electron chi connectivity index (χ4n) is 3.19. The van der Waals surface area contributed by atoms with Crippen LogP contribution in [-0.4, -0.2) is 134 Å². The third kappa shape index (κ3) is 14.1. The first-order chi connectivity index (χ1) is 15.7. The second-order valence-corrected chi connectivity index (χ2v) is 8.05.